The summed E-state index contributed by atoms with van der Waals surface area (Å²) in [6, 6.07) is 0.220. The van der Waals surface area contributed by atoms with Crippen LogP contribution in [0.15, 0.2) is 0 Å². The van der Waals surface area contributed by atoms with E-state index in [4.69, 9.17) is 0 Å². The number of rotatable bonds is 6. The first-order valence-corrected chi connectivity index (χ1v) is 10.9. The molecule has 0 bridgehead atoms. The molecule has 0 unspecified atom stereocenters. The van der Waals surface area contributed by atoms with E-state index in [1.807, 2.05) is 0 Å². The van der Waals surface area contributed by atoms with Crippen LogP contribution in [0.2, 0.25) is 0 Å². The van der Waals surface area contributed by atoms with Crippen LogP contribution in [-0.2, 0) is 19.6 Å². The summed E-state index contributed by atoms with van der Waals surface area (Å²) in [4.78, 5) is 26.2. The Hall–Kier alpha value is -1.15. The maximum atomic E-state index is 12.8. The number of nitrogens with one attached hydrogen (secondary N) is 1. The molecule has 0 radical (unpaired) electrons. The number of carbonyl (C=O) groups is 2. The van der Waals surface area contributed by atoms with E-state index < -0.39 is 15.3 Å². The van der Waals surface area contributed by atoms with Crippen molar-refractivity contribution in [1.82, 2.24) is 14.5 Å². The minimum absolute atomic E-state index is 0.0727. The average molecular weight is 372 g/mol. The van der Waals surface area contributed by atoms with Gasteiger partial charge in [0, 0.05) is 32.1 Å². The zero-order valence-electron chi connectivity index (χ0n) is 14.9. The van der Waals surface area contributed by atoms with Crippen LogP contribution in [0.5, 0.6) is 0 Å². The van der Waals surface area contributed by atoms with Crippen LogP contribution in [0.4, 0.5) is 0 Å². The van der Waals surface area contributed by atoms with Crippen LogP contribution in [0, 0.1) is 5.92 Å². The first-order valence-electron chi connectivity index (χ1n) is 9.41. The number of hydrogen-bond acceptors (Lipinski definition) is 4. The molecule has 25 heavy (non-hydrogen) atoms. The normalized spacial score (nSPS) is 25.4. The van der Waals surface area contributed by atoms with Gasteiger partial charge in [-0.3, -0.25) is 9.59 Å². The monoisotopic (exact) mass is 371 g/mol. The number of piperidine rings is 1. The Kier molecular flexibility index (Phi) is 5.68. The fraction of sp³-hybridized carbons (Fsp3) is 0.882. The SMILES string of the molecule is CN(CC(=O)NC1CC1)S(=O)(=O)[C@@H]1CCCN(C(=O)C2CCCC2)C1. The fourth-order valence-electron chi connectivity index (χ4n) is 3.86. The van der Waals surface area contributed by atoms with Gasteiger partial charge in [0.25, 0.3) is 0 Å². The van der Waals surface area contributed by atoms with E-state index >= 15 is 0 Å². The molecule has 2 saturated carbocycles. The van der Waals surface area contributed by atoms with E-state index in [0.717, 1.165) is 42.8 Å². The molecule has 1 heterocycles. The van der Waals surface area contributed by atoms with Crippen LogP contribution in [0.1, 0.15) is 51.4 Å². The zero-order valence-corrected chi connectivity index (χ0v) is 15.8. The molecule has 142 valence electrons. The number of nitrogens with zero attached hydrogens (tertiary/aromatic N) is 2. The highest BCUT2D eigenvalue weighted by atomic mass is 32.2. The predicted octanol–water partition coefficient (Wildman–Crippen LogP) is 0.708. The smallest absolute Gasteiger partial charge is 0.235 e. The van der Waals surface area contributed by atoms with Crippen LogP contribution in [-0.4, -0.2) is 67.4 Å². The lowest BCUT2D eigenvalue weighted by Gasteiger charge is -2.35. The topological polar surface area (TPSA) is 86.8 Å². The van der Waals surface area contributed by atoms with E-state index in [0.29, 0.717) is 19.4 Å². The second-order valence-corrected chi connectivity index (χ2v) is 9.99. The van der Waals surface area contributed by atoms with Crippen molar-refractivity contribution in [2.45, 2.75) is 62.7 Å². The molecule has 1 aliphatic heterocycles. The van der Waals surface area contributed by atoms with Crippen LogP contribution in [0.3, 0.4) is 0 Å². The molecule has 8 heteroatoms. The van der Waals surface area contributed by atoms with Gasteiger partial charge in [0.15, 0.2) is 0 Å². The second-order valence-electron chi connectivity index (χ2n) is 7.67. The van der Waals surface area contributed by atoms with E-state index in [-0.39, 0.29) is 36.9 Å². The van der Waals surface area contributed by atoms with Crippen LogP contribution >= 0.6 is 0 Å². The molecule has 2 aliphatic carbocycles. The Morgan fingerprint density at radius 3 is 2.40 bits per heavy atom. The van der Waals surface area contributed by atoms with E-state index in [1.165, 1.54) is 7.05 Å². The third-order valence-corrected chi connectivity index (χ3v) is 7.78. The zero-order chi connectivity index (χ0) is 18.0. The largest absolute Gasteiger partial charge is 0.352 e. The maximum absolute atomic E-state index is 12.8. The summed E-state index contributed by atoms with van der Waals surface area (Å²) >= 11 is 0. The van der Waals surface area contributed by atoms with E-state index in [9.17, 15) is 18.0 Å². The van der Waals surface area contributed by atoms with Crippen molar-refractivity contribution in [3.63, 3.8) is 0 Å². The minimum atomic E-state index is -3.58. The van der Waals surface area contributed by atoms with Crippen molar-refractivity contribution < 1.29 is 18.0 Å². The van der Waals surface area contributed by atoms with Crippen molar-refractivity contribution in [2.24, 2.45) is 5.92 Å². The standard InChI is InChI=1S/C17H29N3O4S/c1-19(12-16(21)18-14-8-9-14)25(23,24)15-7-4-10-20(11-15)17(22)13-5-2-3-6-13/h13-15H,2-12H2,1H3,(H,18,21)/t15-/m1/s1. The van der Waals surface area contributed by atoms with Gasteiger partial charge < -0.3 is 10.2 Å². The van der Waals surface area contributed by atoms with Gasteiger partial charge in [-0.25, -0.2) is 8.42 Å². The van der Waals surface area contributed by atoms with Gasteiger partial charge >= 0.3 is 0 Å². The van der Waals surface area contributed by atoms with Crippen LogP contribution in [0.25, 0.3) is 0 Å². The highest BCUT2D eigenvalue weighted by Gasteiger charge is 2.38. The molecule has 0 aromatic rings. The molecule has 1 N–H and O–H groups in total. The Morgan fingerprint density at radius 2 is 1.76 bits per heavy atom. The molecule has 0 aromatic carbocycles. The summed E-state index contributed by atoms with van der Waals surface area (Å²) in [7, 11) is -2.13. The highest BCUT2D eigenvalue weighted by molar-refractivity contribution is 7.89. The lowest BCUT2D eigenvalue weighted by molar-refractivity contribution is -0.136. The Morgan fingerprint density at radius 1 is 1.08 bits per heavy atom. The summed E-state index contributed by atoms with van der Waals surface area (Å²) in [5.74, 6) is -0.0571. The van der Waals surface area contributed by atoms with Gasteiger partial charge in [-0.2, -0.15) is 4.31 Å². The molecule has 2 amide bonds. The number of sulfonamides is 1. The van der Waals surface area contributed by atoms with Gasteiger partial charge in [0.1, 0.15) is 0 Å². The highest BCUT2D eigenvalue weighted by Crippen LogP contribution is 2.29. The Labute approximate surface area is 150 Å². The molecule has 1 atom stereocenters. The molecular weight excluding hydrogens is 342 g/mol. The summed E-state index contributed by atoms with van der Waals surface area (Å²) in [5, 5.41) is 2.21. The molecule has 3 fully saturated rings. The molecule has 0 aromatic heterocycles. The minimum Gasteiger partial charge on any atom is -0.352 e. The van der Waals surface area contributed by atoms with Crippen molar-refractivity contribution >= 4 is 21.8 Å². The van der Waals surface area contributed by atoms with E-state index in [1.54, 1.807) is 4.90 Å². The van der Waals surface area contributed by atoms with Crippen molar-refractivity contribution in [2.75, 3.05) is 26.7 Å². The molecule has 0 spiro atoms. The molecule has 1 saturated heterocycles. The molecule has 7 nitrogen and oxygen atoms in total. The van der Waals surface area contributed by atoms with Crippen molar-refractivity contribution in [1.29, 1.82) is 0 Å². The summed E-state index contributed by atoms with van der Waals surface area (Å²) in [6.45, 7) is 0.755. The summed E-state index contributed by atoms with van der Waals surface area (Å²) in [5.41, 5.74) is 0. The maximum Gasteiger partial charge on any atom is 0.235 e. The molecule has 3 aliphatic rings. The fourth-order valence-corrected chi connectivity index (χ4v) is 5.50. The number of hydrogen-bond donors (Lipinski definition) is 1. The van der Waals surface area contributed by atoms with Crippen molar-refractivity contribution in [3.05, 3.63) is 0 Å². The lowest BCUT2D eigenvalue weighted by atomic mass is 10.0. The van der Waals surface area contributed by atoms with Gasteiger partial charge in [-0.05, 0) is 38.5 Å². The molecule has 3 rings (SSSR count). The van der Waals surface area contributed by atoms with Gasteiger partial charge in [0.2, 0.25) is 21.8 Å². The third kappa shape index (κ3) is 4.53. The first-order chi connectivity index (χ1) is 11.9. The Bertz CT molecular complexity index is 611. The van der Waals surface area contributed by atoms with Crippen molar-refractivity contribution in [3.8, 4) is 0 Å². The summed E-state index contributed by atoms with van der Waals surface area (Å²) < 4.78 is 26.8. The Balaban J connectivity index is 1.58. The van der Waals surface area contributed by atoms with Gasteiger partial charge in [-0.1, -0.05) is 12.8 Å². The van der Waals surface area contributed by atoms with Gasteiger partial charge in [0.05, 0.1) is 11.8 Å². The van der Waals surface area contributed by atoms with E-state index in [2.05, 4.69) is 5.32 Å². The summed E-state index contributed by atoms with van der Waals surface area (Å²) in [6.07, 6.45) is 7.22. The number of likely N-dealkylation sites (tertiary alicyclic amines) is 1. The first kappa shape index (κ1) is 18.6. The van der Waals surface area contributed by atoms with Gasteiger partial charge in [-0.15, -0.1) is 0 Å². The lowest BCUT2D eigenvalue weighted by Crippen LogP contribution is -2.51. The second kappa shape index (κ2) is 7.61. The van der Waals surface area contributed by atoms with Crippen LogP contribution < -0.4 is 5.32 Å². The quantitative estimate of drug-likeness (QED) is 0.745. The molecular formula is C17H29N3O4S. The number of likely N-dealkylation sites (N-methyl/N-ethyl adjacent to an activating group) is 1. The number of amides is 2. The average Bonchev–Trinajstić information content (AvgIpc) is 3.23. The third-order valence-electron chi connectivity index (χ3n) is 5.56. The number of carbonyl (C=O) groups excluding carboxylic acids is 2. The predicted molar refractivity (Wildman–Crippen MR) is 94.3 cm³/mol.